The molecule has 1 amide bonds. The molecule has 0 fully saturated rings. The lowest BCUT2D eigenvalue weighted by atomic mass is 9.94. The number of aromatic amines is 1. The maximum absolute atomic E-state index is 12.2. The summed E-state index contributed by atoms with van der Waals surface area (Å²) in [7, 11) is 0. The first-order chi connectivity index (χ1) is 11.5. The fourth-order valence-electron chi connectivity index (χ4n) is 3.02. The van der Waals surface area contributed by atoms with Gasteiger partial charge >= 0.3 is 0 Å². The molecule has 0 radical (unpaired) electrons. The van der Waals surface area contributed by atoms with Crippen LogP contribution in [0.3, 0.4) is 0 Å². The summed E-state index contributed by atoms with van der Waals surface area (Å²) in [5.74, 6) is 1.19. The molecule has 1 atom stereocenters. The number of aromatic nitrogens is 4. The number of fused-ring (bicyclic) bond motifs is 1. The van der Waals surface area contributed by atoms with E-state index in [1.54, 1.807) is 0 Å². The van der Waals surface area contributed by atoms with Crippen LogP contribution in [-0.2, 0) is 24.1 Å². The van der Waals surface area contributed by atoms with Crippen molar-refractivity contribution in [1.29, 1.82) is 0 Å². The van der Waals surface area contributed by atoms with E-state index >= 15 is 0 Å². The Labute approximate surface area is 141 Å². The third-order valence-corrected chi connectivity index (χ3v) is 4.43. The molecule has 130 valence electrons. The van der Waals surface area contributed by atoms with Gasteiger partial charge in [-0.1, -0.05) is 13.8 Å². The van der Waals surface area contributed by atoms with Gasteiger partial charge in [0.15, 0.2) is 0 Å². The minimum absolute atomic E-state index is 0.0284. The molecule has 2 heterocycles. The first-order valence-electron chi connectivity index (χ1n) is 8.72. The summed E-state index contributed by atoms with van der Waals surface area (Å²) < 4.78 is 5.58. The highest BCUT2D eigenvalue weighted by Crippen LogP contribution is 2.23. The number of nitrogens with zero attached hydrogens (tertiary/aromatic N) is 3. The SMILES string of the molecule is CC(C)c1nnc([C@H](C)NC(=O)CCc2n[nH]c3c2CCCC3)o1. The van der Waals surface area contributed by atoms with Crippen LogP contribution in [0.1, 0.15) is 80.7 Å². The molecule has 1 aliphatic carbocycles. The first kappa shape index (κ1) is 16.7. The average molecular weight is 331 g/mol. The van der Waals surface area contributed by atoms with Gasteiger partial charge in [0.1, 0.15) is 6.04 Å². The lowest BCUT2D eigenvalue weighted by molar-refractivity contribution is -0.121. The normalized spacial score (nSPS) is 15.3. The van der Waals surface area contributed by atoms with E-state index in [1.807, 2.05) is 20.8 Å². The summed E-state index contributed by atoms with van der Waals surface area (Å²) in [6.07, 6.45) is 5.63. The standard InChI is InChI=1S/C17H25N5O2/c1-10(2)16-21-22-17(24-16)11(3)18-15(23)9-8-14-12-6-4-5-7-13(12)19-20-14/h10-11H,4-9H2,1-3H3,(H,18,23)(H,19,20)/t11-/m0/s1. The van der Waals surface area contributed by atoms with Gasteiger partial charge in [-0.25, -0.2) is 0 Å². The molecule has 7 heteroatoms. The first-order valence-corrected chi connectivity index (χ1v) is 8.72. The highest BCUT2D eigenvalue weighted by molar-refractivity contribution is 5.76. The van der Waals surface area contributed by atoms with E-state index in [0.717, 1.165) is 18.5 Å². The summed E-state index contributed by atoms with van der Waals surface area (Å²) in [4.78, 5) is 12.2. The van der Waals surface area contributed by atoms with E-state index in [9.17, 15) is 4.79 Å². The Balaban J connectivity index is 1.52. The van der Waals surface area contributed by atoms with E-state index in [2.05, 4.69) is 25.7 Å². The maximum atomic E-state index is 12.2. The van der Waals surface area contributed by atoms with Crippen LogP contribution in [0, 0.1) is 0 Å². The lowest BCUT2D eigenvalue weighted by Gasteiger charge is -2.12. The van der Waals surface area contributed by atoms with Gasteiger partial charge in [-0.2, -0.15) is 5.10 Å². The zero-order valence-electron chi connectivity index (χ0n) is 14.6. The van der Waals surface area contributed by atoms with Crippen molar-refractivity contribution in [1.82, 2.24) is 25.7 Å². The highest BCUT2D eigenvalue weighted by Gasteiger charge is 2.20. The lowest BCUT2D eigenvalue weighted by Crippen LogP contribution is -2.27. The molecule has 0 saturated carbocycles. The number of H-pyrrole nitrogens is 1. The van der Waals surface area contributed by atoms with Gasteiger partial charge in [-0.15, -0.1) is 10.2 Å². The van der Waals surface area contributed by atoms with E-state index in [-0.39, 0.29) is 17.9 Å². The van der Waals surface area contributed by atoms with Crippen molar-refractivity contribution in [3.05, 3.63) is 28.7 Å². The molecular weight excluding hydrogens is 306 g/mol. The number of amides is 1. The maximum Gasteiger partial charge on any atom is 0.238 e. The third kappa shape index (κ3) is 3.66. The number of carbonyl (C=O) groups is 1. The molecule has 0 unspecified atom stereocenters. The van der Waals surface area contributed by atoms with Gasteiger partial charge in [0, 0.05) is 24.5 Å². The molecule has 0 aromatic carbocycles. The molecular formula is C17H25N5O2. The molecule has 2 N–H and O–H groups in total. The van der Waals surface area contributed by atoms with Gasteiger partial charge in [-0.3, -0.25) is 9.89 Å². The van der Waals surface area contributed by atoms with Crippen LogP contribution in [0.15, 0.2) is 4.42 Å². The van der Waals surface area contributed by atoms with Crippen molar-refractivity contribution in [2.75, 3.05) is 0 Å². The Kier molecular flexibility index (Phi) is 4.97. The summed E-state index contributed by atoms with van der Waals surface area (Å²) in [6.45, 7) is 5.84. The zero-order chi connectivity index (χ0) is 17.1. The average Bonchev–Trinajstić information content (AvgIpc) is 3.20. The van der Waals surface area contributed by atoms with E-state index in [0.29, 0.717) is 24.6 Å². The Morgan fingerprint density at radius 2 is 1.96 bits per heavy atom. The smallest absolute Gasteiger partial charge is 0.238 e. The molecule has 7 nitrogen and oxygen atoms in total. The third-order valence-electron chi connectivity index (χ3n) is 4.43. The Bertz CT molecular complexity index is 704. The quantitative estimate of drug-likeness (QED) is 0.848. The second kappa shape index (κ2) is 7.15. The van der Waals surface area contributed by atoms with E-state index in [4.69, 9.17) is 4.42 Å². The Hall–Kier alpha value is -2.18. The molecule has 0 aliphatic heterocycles. The van der Waals surface area contributed by atoms with Crippen LogP contribution < -0.4 is 5.32 Å². The molecule has 2 aromatic heterocycles. The second-order valence-corrected chi connectivity index (χ2v) is 6.76. The van der Waals surface area contributed by atoms with Gasteiger partial charge in [0.2, 0.25) is 17.7 Å². The van der Waals surface area contributed by atoms with Crippen LogP contribution in [0.25, 0.3) is 0 Å². The summed E-state index contributed by atoms with van der Waals surface area (Å²) >= 11 is 0. The van der Waals surface area contributed by atoms with Crippen LogP contribution in [0.2, 0.25) is 0 Å². The highest BCUT2D eigenvalue weighted by atomic mass is 16.4. The van der Waals surface area contributed by atoms with Gasteiger partial charge in [-0.05, 0) is 38.2 Å². The van der Waals surface area contributed by atoms with Crippen LogP contribution in [0.4, 0.5) is 0 Å². The molecule has 0 saturated heterocycles. The van der Waals surface area contributed by atoms with Crippen molar-refractivity contribution in [2.45, 2.75) is 71.3 Å². The molecule has 1 aliphatic rings. The topological polar surface area (TPSA) is 96.7 Å². The van der Waals surface area contributed by atoms with Crippen LogP contribution >= 0.6 is 0 Å². The van der Waals surface area contributed by atoms with Crippen LogP contribution in [-0.4, -0.2) is 26.3 Å². The van der Waals surface area contributed by atoms with Crippen molar-refractivity contribution in [3.63, 3.8) is 0 Å². The largest absolute Gasteiger partial charge is 0.423 e. The second-order valence-electron chi connectivity index (χ2n) is 6.76. The molecule has 2 aromatic rings. The summed E-state index contributed by atoms with van der Waals surface area (Å²) in [5.41, 5.74) is 3.60. The predicted molar refractivity (Wildman–Crippen MR) is 88.5 cm³/mol. The number of rotatable bonds is 6. The molecule has 3 rings (SSSR count). The molecule has 0 bridgehead atoms. The summed E-state index contributed by atoms with van der Waals surface area (Å²) in [6, 6.07) is -0.286. The molecule has 0 spiro atoms. The number of nitrogens with one attached hydrogen (secondary N) is 2. The van der Waals surface area contributed by atoms with Gasteiger partial charge in [0.25, 0.3) is 0 Å². The Morgan fingerprint density at radius 1 is 1.21 bits per heavy atom. The monoisotopic (exact) mass is 331 g/mol. The van der Waals surface area contributed by atoms with E-state index in [1.165, 1.54) is 24.1 Å². The molecule has 24 heavy (non-hydrogen) atoms. The van der Waals surface area contributed by atoms with Gasteiger partial charge in [0.05, 0.1) is 5.69 Å². The van der Waals surface area contributed by atoms with Crippen molar-refractivity contribution in [2.24, 2.45) is 0 Å². The van der Waals surface area contributed by atoms with Crippen LogP contribution in [0.5, 0.6) is 0 Å². The minimum Gasteiger partial charge on any atom is -0.423 e. The predicted octanol–water partition coefficient (Wildman–Crippen LogP) is 2.60. The van der Waals surface area contributed by atoms with Gasteiger partial charge < -0.3 is 9.73 Å². The fraction of sp³-hybridized carbons (Fsp3) is 0.647. The number of carbonyl (C=O) groups excluding carboxylic acids is 1. The van der Waals surface area contributed by atoms with Crippen molar-refractivity contribution < 1.29 is 9.21 Å². The Morgan fingerprint density at radius 3 is 2.71 bits per heavy atom. The fourth-order valence-corrected chi connectivity index (χ4v) is 3.02. The minimum atomic E-state index is -0.286. The number of aryl methyl sites for hydroxylation is 2. The van der Waals surface area contributed by atoms with E-state index < -0.39 is 0 Å². The number of hydrogen-bond acceptors (Lipinski definition) is 5. The summed E-state index contributed by atoms with van der Waals surface area (Å²) in [5, 5.41) is 18.4. The van der Waals surface area contributed by atoms with Crippen molar-refractivity contribution >= 4 is 5.91 Å². The number of hydrogen-bond donors (Lipinski definition) is 2. The zero-order valence-corrected chi connectivity index (χ0v) is 14.6. The van der Waals surface area contributed by atoms with Crippen molar-refractivity contribution in [3.8, 4) is 0 Å².